The minimum atomic E-state index is -2.80. The Hall–Kier alpha value is -0.910. The Balaban J connectivity index is 1.62. The molecule has 1 aromatic carbocycles. The molecular formula is C16H24N2O2S. The molecule has 1 aliphatic carbocycles. The summed E-state index contributed by atoms with van der Waals surface area (Å²) in [5.41, 5.74) is 7.15. The summed E-state index contributed by atoms with van der Waals surface area (Å²) in [4.78, 5) is 0. The normalized spacial score (nSPS) is 24.9. The van der Waals surface area contributed by atoms with Gasteiger partial charge in [-0.15, -0.1) is 0 Å². The van der Waals surface area contributed by atoms with Gasteiger partial charge < -0.3 is 0 Å². The van der Waals surface area contributed by atoms with E-state index < -0.39 is 9.84 Å². The number of sulfone groups is 1. The maximum absolute atomic E-state index is 11.5. The first-order chi connectivity index (χ1) is 10.1. The average Bonchev–Trinajstić information content (AvgIpc) is 3.03. The van der Waals surface area contributed by atoms with Gasteiger partial charge in [-0.1, -0.05) is 18.2 Å². The van der Waals surface area contributed by atoms with Crippen LogP contribution in [0.25, 0.3) is 0 Å². The van der Waals surface area contributed by atoms with E-state index in [0.29, 0.717) is 11.5 Å². The number of fused-ring (bicyclic) bond motifs is 1. The summed E-state index contributed by atoms with van der Waals surface area (Å²) in [6, 6.07) is 6.89. The first kappa shape index (κ1) is 15.0. The molecule has 1 saturated heterocycles. The predicted molar refractivity (Wildman–Crippen MR) is 84.7 cm³/mol. The Bertz CT molecular complexity index is 613. The Labute approximate surface area is 127 Å². The van der Waals surface area contributed by atoms with Gasteiger partial charge in [-0.3, -0.25) is 11.3 Å². The lowest BCUT2D eigenvalue weighted by molar-refractivity contribution is 0.408. The van der Waals surface area contributed by atoms with Gasteiger partial charge in [-0.25, -0.2) is 8.42 Å². The highest BCUT2D eigenvalue weighted by Crippen LogP contribution is 2.26. The van der Waals surface area contributed by atoms with Crippen molar-refractivity contribution < 1.29 is 8.42 Å². The summed E-state index contributed by atoms with van der Waals surface area (Å²) in [6.45, 7) is 0. The van der Waals surface area contributed by atoms with Crippen molar-refractivity contribution in [2.75, 3.05) is 11.5 Å². The SMILES string of the molecule is NNC(Cc1ccc2c(c1)CCC2)CC1CCS(=O)(=O)C1. The molecule has 5 heteroatoms. The van der Waals surface area contributed by atoms with Crippen molar-refractivity contribution in [2.45, 2.75) is 44.6 Å². The maximum Gasteiger partial charge on any atom is 0.150 e. The van der Waals surface area contributed by atoms with E-state index in [4.69, 9.17) is 5.84 Å². The zero-order valence-electron chi connectivity index (χ0n) is 12.3. The summed E-state index contributed by atoms with van der Waals surface area (Å²) in [7, 11) is -2.80. The number of hydrogen-bond donors (Lipinski definition) is 2. The highest BCUT2D eigenvalue weighted by molar-refractivity contribution is 7.91. The fourth-order valence-corrected chi connectivity index (χ4v) is 5.59. The fraction of sp³-hybridized carbons (Fsp3) is 0.625. The summed E-state index contributed by atoms with van der Waals surface area (Å²) in [5, 5.41) is 0. The van der Waals surface area contributed by atoms with Crippen molar-refractivity contribution in [1.82, 2.24) is 5.43 Å². The first-order valence-electron chi connectivity index (χ1n) is 7.83. The lowest BCUT2D eigenvalue weighted by atomic mass is 9.94. The van der Waals surface area contributed by atoms with Crippen molar-refractivity contribution >= 4 is 9.84 Å². The van der Waals surface area contributed by atoms with Crippen molar-refractivity contribution in [3.8, 4) is 0 Å². The van der Waals surface area contributed by atoms with Crippen LogP contribution in [0.15, 0.2) is 18.2 Å². The van der Waals surface area contributed by atoms with Gasteiger partial charge in [0.25, 0.3) is 0 Å². The molecule has 116 valence electrons. The minimum absolute atomic E-state index is 0.155. The molecule has 3 N–H and O–H groups in total. The van der Waals surface area contributed by atoms with E-state index in [0.717, 1.165) is 19.3 Å². The van der Waals surface area contributed by atoms with Crippen molar-refractivity contribution in [1.29, 1.82) is 0 Å². The molecule has 0 amide bonds. The van der Waals surface area contributed by atoms with E-state index in [9.17, 15) is 8.42 Å². The fourth-order valence-electron chi connectivity index (χ4n) is 3.71. The molecule has 2 atom stereocenters. The number of aryl methyl sites for hydroxylation is 2. The van der Waals surface area contributed by atoms with Crippen molar-refractivity contribution in [3.63, 3.8) is 0 Å². The molecule has 0 radical (unpaired) electrons. The molecule has 0 saturated carbocycles. The smallest absolute Gasteiger partial charge is 0.150 e. The largest absolute Gasteiger partial charge is 0.271 e. The standard InChI is InChI=1S/C16H24N2O2S/c17-18-16(10-13-6-7-21(19,20)11-13)9-12-4-5-14-2-1-3-15(14)8-12/h4-5,8,13,16,18H,1-3,6-7,9-11,17H2. The summed E-state index contributed by atoms with van der Waals surface area (Å²) < 4.78 is 23.1. The van der Waals surface area contributed by atoms with E-state index in [-0.39, 0.29) is 12.0 Å². The van der Waals surface area contributed by atoms with Gasteiger partial charge in [0, 0.05) is 6.04 Å². The van der Waals surface area contributed by atoms with Gasteiger partial charge in [0.1, 0.15) is 0 Å². The predicted octanol–water partition coefficient (Wildman–Crippen LogP) is 1.37. The molecule has 0 aromatic heterocycles. The van der Waals surface area contributed by atoms with Crippen LogP contribution in [0.1, 0.15) is 36.0 Å². The van der Waals surface area contributed by atoms with E-state index in [2.05, 4.69) is 23.6 Å². The van der Waals surface area contributed by atoms with Crippen LogP contribution < -0.4 is 11.3 Å². The maximum atomic E-state index is 11.5. The van der Waals surface area contributed by atoms with Gasteiger partial charge in [0.05, 0.1) is 11.5 Å². The molecule has 2 aliphatic rings. The van der Waals surface area contributed by atoms with E-state index in [1.54, 1.807) is 0 Å². The molecule has 0 spiro atoms. The van der Waals surface area contributed by atoms with E-state index in [1.807, 2.05) is 0 Å². The lowest BCUT2D eigenvalue weighted by Crippen LogP contribution is -2.38. The molecule has 1 fully saturated rings. The highest BCUT2D eigenvalue weighted by Gasteiger charge is 2.29. The minimum Gasteiger partial charge on any atom is -0.271 e. The number of hydrazine groups is 1. The molecule has 1 heterocycles. The van der Waals surface area contributed by atoms with Crippen molar-refractivity contribution in [2.24, 2.45) is 11.8 Å². The van der Waals surface area contributed by atoms with Crippen molar-refractivity contribution in [3.05, 3.63) is 34.9 Å². The van der Waals surface area contributed by atoms with Gasteiger partial charge in [0.15, 0.2) is 9.84 Å². The van der Waals surface area contributed by atoms with E-state index >= 15 is 0 Å². The topological polar surface area (TPSA) is 72.2 Å². The Morgan fingerprint density at radius 2 is 2.10 bits per heavy atom. The quantitative estimate of drug-likeness (QED) is 0.637. The van der Waals surface area contributed by atoms with Gasteiger partial charge >= 0.3 is 0 Å². The number of rotatable bonds is 5. The van der Waals surface area contributed by atoms with Crippen LogP contribution >= 0.6 is 0 Å². The molecule has 3 rings (SSSR count). The molecule has 1 aromatic rings. The van der Waals surface area contributed by atoms with Crippen LogP contribution in [0.5, 0.6) is 0 Å². The summed E-state index contributed by atoms with van der Waals surface area (Å²) >= 11 is 0. The second-order valence-electron chi connectivity index (χ2n) is 6.53. The van der Waals surface area contributed by atoms with Gasteiger partial charge in [0.2, 0.25) is 0 Å². The van der Waals surface area contributed by atoms with Crippen LogP contribution in [-0.4, -0.2) is 26.0 Å². The molecular weight excluding hydrogens is 284 g/mol. The Kier molecular flexibility index (Phi) is 4.33. The van der Waals surface area contributed by atoms with Crippen LogP contribution in [0, 0.1) is 5.92 Å². The van der Waals surface area contributed by atoms with Gasteiger partial charge in [-0.2, -0.15) is 0 Å². The van der Waals surface area contributed by atoms with Crippen LogP contribution in [0.3, 0.4) is 0 Å². The first-order valence-corrected chi connectivity index (χ1v) is 9.65. The summed E-state index contributed by atoms with van der Waals surface area (Å²) in [6.07, 6.45) is 6.15. The van der Waals surface area contributed by atoms with Gasteiger partial charge in [-0.05, 0) is 61.1 Å². The molecule has 4 nitrogen and oxygen atoms in total. The third-order valence-electron chi connectivity index (χ3n) is 4.83. The lowest BCUT2D eigenvalue weighted by Gasteiger charge is -2.19. The second-order valence-corrected chi connectivity index (χ2v) is 8.76. The number of nitrogens with one attached hydrogen (secondary N) is 1. The number of benzene rings is 1. The highest BCUT2D eigenvalue weighted by atomic mass is 32.2. The zero-order valence-corrected chi connectivity index (χ0v) is 13.2. The average molecular weight is 308 g/mol. The zero-order chi connectivity index (χ0) is 14.9. The second kappa shape index (κ2) is 6.07. The van der Waals surface area contributed by atoms with Crippen LogP contribution in [0.4, 0.5) is 0 Å². The monoisotopic (exact) mass is 308 g/mol. The summed E-state index contributed by atoms with van der Waals surface area (Å²) in [5.74, 6) is 6.60. The molecule has 0 bridgehead atoms. The van der Waals surface area contributed by atoms with E-state index in [1.165, 1.54) is 36.0 Å². The third-order valence-corrected chi connectivity index (χ3v) is 6.66. The molecule has 21 heavy (non-hydrogen) atoms. The van der Waals surface area contributed by atoms with Crippen LogP contribution in [0.2, 0.25) is 0 Å². The number of hydrogen-bond acceptors (Lipinski definition) is 4. The Morgan fingerprint density at radius 3 is 2.81 bits per heavy atom. The molecule has 2 unspecified atom stereocenters. The third kappa shape index (κ3) is 3.65. The molecule has 1 aliphatic heterocycles. The number of nitrogens with two attached hydrogens (primary N) is 1. The Morgan fingerprint density at radius 1 is 1.29 bits per heavy atom. The van der Waals surface area contributed by atoms with Crippen LogP contribution in [-0.2, 0) is 29.1 Å².